The quantitative estimate of drug-likeness (QED) is 0.779. The first-order valence-corrected chi connectivity index (χ1v) is 6.97. The Kier molecular flexibility index (Phi) is 4.41. The molecule has 94 valence electrons. The van der Waals surface area contributed by atoms with Crippen molar-refractivity contribution in [3.8, 4) is 0 Å². The number of hydrogen-bond acceptors (Lipinski definition) is 1. The lowest BCUT2D eigenvalue weighted by Crippen LogP contribution is -2.21. The van der Waals surface area contributed by atoms with E-state index in [-0.39, 0.29) is 11.8 Å². The molecule has 1 unspecified atom stereocenters. The standard InChI is InChI=1S/C15H23NO/c16-15(17)14-10-6-5-9-13(11-14)12-7-3-1-2-4-8-12/h7,11,14H,1-6,8-10H2,(H2,16,17). The van der Waals surface area contributed by atoms with Gasteiger partial charge in [0.1, 0.15) is 0 Å². The van der Waals surface area contributed by atoms with Gasteiger partial charge < -0.3 is 5.73 Å². The summed E-state index contributed by atoms with van der Waals surface area (Å²) in [5.74, 6) is -0.185. The molecule has 2 heteroatoms. The van der Waals surface area contributed by atoms with Gasteiger partial charge in [0.2, 0.25) is 5.91 Å². The fourth-order valence-electron chi connectivity index (χ4n) is 2.89. The average Bonchev–Trinajstić information content (AvgIpc) is 2.71. The first kappa shape index (κ1) is 12.4. The van der Waals surface area contributed by atoms with Crippen molar-refractivity contribution in [1.29, 1.82) is 0 Å². The van der Waals surface area contributed by atoms with E-state index >= 15 is 0 Å². The predicted molar refractivity (Wildman–Crippen MR) is 70.4 cm³/mol. The van der Waals surface area contributed by atoms with Crippen LogP contribution in [0.2, 0.25) is 0 Å². The van der Waals surface area contributed by atoms with Crippen molar-refractivity contribution < 1.29 is 4.79 Å². The maximum Gasteiger partial charge on any atom is 0.224 e. The summed E-state index contributed by atoms with van der Waals surface area (Å²) in [5, 5.41) is 0. The first-order chi connectivity index (χ1) is 8.27. The van der Waals surface area contributed by atoms with E-state index in [4.69, 9.17) is 5.73 Å². The van der Waals surface area contributed by atoms with Crippen molar-refractivity contribution in [1.82, 2.24) is 0 Å². The van der Waals surface area contributed by atoms with Gasteiger partial charge in [-0.2, -0.15) is 0 Å². The van der Waals surface area contributed by atoms with Crippen LogP contribution >= 0.6 is 0 Å². The van der Waals surface area contributed by atoms with Crippen LogP contribution in [-0.4, -0.2) is 5.91 Å². The highest BCUT2D eigenvalue weighted by Gasteiger charge is 2.18. The number of carbonyl (C=O) groups excluding carboxylic acids is 1. The molecule has 0 aromatic heterocycles. The Labute approximate surface area is 104 Å². The Balaban J connectivity index is 2.15. The van der Waals surface area contributed by atoms with E-state index < -0.39 is 0 Å². The van der Waals surface area contributed by atoms with Crippen LogP contribution in [0.4, 0.5) is 0 Å². The van der Waals surface area contributed by atoms with Crippen molar-refractivity contribution in [2.45, 2.75) is 57.8 Å². The fraction of sp³-hybridized carbons (Fsp3) is 0.667. The number of primary amides is 1. The van der Waals surface area contributed by atoms with Crippen LogP contribution in [0.3, 0.4) is 0 Å². The molecule has 0 saturated carbocycles. The van der Waals surface area contributed by atoms with Gasteiger partial charge in [-0.15, -0.1) is 0 Å². The molecule has 1 atom stereocenters. The molecule has 0 aliphatic heterocycles. The lowest BCUT2D eigenvalue weighted by molar-refractivity contribution is -0.120. The van der Waals surface area contributed by atoms with E-state index in [1.54, 1.807) is 0 Å². The van der Waals surface area contributed by atoms with Crippen LogP contribution in [0.1, 0.15) is 57.8 Å². The van der Waals surface area contributed by atoms with Crippen molar-refractivity contribution >= 4 is 5.91 Å². The van der Waals surface area contributed by atoms with Crippen LogP contribution in [-0.2, 0) is 4.79 Å². The molecule has 0 fully saturated rings. The van der Waals surface area contributed by atoms with Gasteiger partial charge in [-0.3, -0.25) is 4.79 Å². The number of carbonyl (C=O) groups is 1. The molecule has 0 aromatic rings. The monoisotopic (exact) mass is 233 g/mol. The average molecular weight is 233 g/mol. The summed E-state index contributed by atoms with van der Waals surface area (Å²) in [6, 6.07) is 0. The number of hydrogen-bond donors (Lipinski definition) is 1. The second-order valence-electron chi connectivity index (χ2n) is 5.28. The zero-order chi connectivity index (χ0) is 12.1. The SMILES string of the molecule is NC(=O)C1C=C(C2=CCCCCC2)CCCC1. The molecule has 2 nitrogen and oxygen atoms in total. The minimum atomic E-state index is -0.154. The summed E-state index contributed by atoms with van der Waals surface area (Å²) >= 11 is 0. The third kappa shape index (κ3) is 3.45. The van der Waals surface area contributed by atoms with E-state index in [9.17, 15) is 4.79 Å². The highest BCUT2D eigenvalue weighted by molar-refractivity contribution is 5.78. The largest absolute Gasteiger partial charge is 0.369 e. The van der Waals surface area contributed by atoms with E-state index in [2.05, 4.69) is 12.2 Å². The molecule has 2 rings (SSSR count). The lowest BCUT2D eigenvalue weighted by Gasteiger charge is -2.11. The Bertz CT molecular complexity index is 341. The molecule has 2 aliphatic rings. The fourth-order valence-corrected chi connectivity index (χ4v) is 2.89. The van der Waals surface area contributed by atoms with E-state index in [1.165, 1.54) is 49.7 Å². The first-order valence-electron chi connectivity index (χ1n) is 6.97. The molecule has 1 amide bonds. The minimum absolute atomic E-state index is 0.0309. The smallest absolute Gasteiger partial charge is 0.224 e. The van der Waals surface area contributed by atoms with Crippen LogP contribution in [0, 0.1) is 5.92 Å². The minimum Gasteiger partial charge on any atom is -0.369 e. The van der Waals surface area contributed by atoms with Crippen molar-refractivity contribution in [2.75, 3.05) is 0 Å². The third-order valence-corrected chi connectivity index (χ3v) is 3.93. The van der Waals surface area contributed by atoms with Gasteiger partial charge in [-0.05, 0) is 56.1 Å². The second-order valence-corrected chi connectivity index (χ2v) is 5.28. The third-order valence-electron chi connectivity index (χ3n) is 3.93. The van der Waals surface area contributed by atoms with Crippen molar-refractivity contribution in [2.24, 2.45) is 11.7 Å². The van der Waals surface area contributed by atoms with Gasteiger partial charge in [0.25, 0.3) is 0 Å². The molecule has 0 radical (unpaired) electrons. The molecule has 17 heavy (non-hydrogen) atoms. The van der Waals surface area contributed by atoms with Gasteiger partial charge in [0.05, 0.1) is 5.92 Å². The topological polar surface area (TPSA) is 43.1 Å². The maximum atomic E-state index is 11.4. The van der Waals surface area contributed by atoms with Crippen molar-refractivity contribution in [3.05, 3.63) is 23.3 Å². The summed E-state index contributed by atoms with van der Waals surface area (Å²) in [7, 11) is 0. The highest BCUT2D eigenvalue weighted by atomic mass is 16.1. The van der Waals surface area contributed by atoms with Gasteiger partial charge in [-0.1, -0.05) is 25.0 Å². The van der Waals surface area contributed by atoms with Gasteiger partial charge in [0, 0.05) is 0 Å². The zero-order valence-corrected chi connectivity index (χ0v) is 10.6. The molecule has 0 saturated heterocycles. The van der Waals surface area contributed by atoms with Gasteiger partial charge in [-0.25, -0.2) is 0 Å². The van der Waals surface area contributed by atoms with Gasteiger partial charge >= 0.3 is 0 Å². The van der Waals surface area contributed by atoms with Crippen LogP contribution in [0.25, 0.3) is 0 Å². The summed E-state index contributed by atoms with van der Waals surface area (Å²) in [4.78, 5) is 11.4. The molecule has 2 aliphatic carbocycles. The normalized spacial score (nSPS) is 26.5. The molecule has 0 spiro atoms. The lowest BCUT2D eigenvalue weighted by atomic mass is 9.95. The molecule has 0 bridgehead atoms. The molecule has 2 N–H and O–H groups in total. The number of allylic oxidation sites excluding steroid dienone is 3. The highest BCUT2D eigenvalue weighted by Crippen LogP contribution is 2.31. The molecule has 0 aromatic carbocycles. The van der Waals surface area contributed by atoms with Crippen LogP contribution < -0.4 is 5.73 Å². The summed E-state index contributed by atoms with van der Waals surface area (Å²) in [6.45, 7) is 0. The van der Waals surface area contributed by atoms with E-state index in [0.29, 0.717) is 0 Å². The van der Waals surface area contributed by atoms with E-state index in [0.717, 1.165) is 19.3 Å². The summed E-state index contributed by atoms with van der Waals surface area (Å²) in [6.07, 6.45) is 15.3. The number of nitrogens with two attached hydrogens (primary N) is 1. The zero-order valence-electron chi connectivity index (χ0n) is 10.6. The van der Waals surface area contributed by atoms with Crippen molar-refractivity contribution in [3.63, 3.8) is 0 Å². The van der Waals surface area contributed by atoms with Crippen LogP contribution in [0.5, 0.6) is 0 Å². The number of amides is 1. The molecule has 0 heterocycles. The molecular formula is C15H23NO. The van der Waals surface area contributed by atoms with Gasteiger partial charge in [0.15, 0.2) is 0 Å². The number of rotatable bonds is 2. The summed E-state index contributed by atoms with van der Waals surface area (Å²) in [5.41, 5.74) is 8.36. The van der Waals surface area contributed by atoms with E-state index in [1.807, 2.05) is 0 Å². The summed E-state index contributed by atoms with van der Waals surface area (Å²) < 4.78 is 0. The second kappa shape index (κ2) is 6.04. The Morgan fingerprint density at radius 3 is 2.65 bits per heavy atom. The van der Waals surface area contributed by atoms with Crippen LogP contribution in [0.15, 0.2) is 23.3 Å². The Morgan fingerprint density at radius 1 is 1.06 bits per heavy atom. The Hall–Kier alpha value is -1.05. The maximum absolute atomic E-state index is 11.4. The molecular weight excluding hydrogens is 210 g/mol. The predicted octanol–water partition coefficient (Wildman–Crippen LogP) is 3.48. The Morgan fingerprint density at radius 2 is 1.82 bits per heavy atom.